The molecule has 3 rings (SSSR count). The summed E-state index contributed by atoms with van der Waals surface area (Å²) < 4.78 is 4.78. The quantitative estimate of drug-likeness (QED) is 0.823. The maximum absolute atomic E-state index is 12.5. The van der Waals surface area contributed by atoms with Crippen molar-refractivity contribution in [3.05, 3.63) is 35.0 Å². The molecule has 7 heteroatoms. The predicted octanol–water partition coefficient (Wildman–Crippen LogP) is 1.36. The van der Waals surface area contributed by atoms with E-state index in [9.17, 15) is 14.4 Å². The van der Waals surface area contributed by atoms with Crippen molar-refractivity contribution in [3.63, 3.8) is 0 Å². The minimum Gasteiger partial charge on any atom is -0.465 e. The van der Waals surface area contributed by atoms with Gasteiger partial charge in [-0.05, 0) is 25.1 Å². The Morgan fingerprint density at radius 1 is 1.32 bits per heavy atom. The third kappa shape index (κ3) is 3.22. The van der Waals surface area contributed by atoms with E-state index in [-0.39, 0.29) is 17.8 Å². The number of nitrogens with zero attached hydrogens (tertiary/aromatic N) is 1. The largest absolute Gasteiger partial charge is 0.465 e. The number of methoxy groups -OCH3 is 1. The zero-order chi connectivity index (χ0) is 18.1. The first kappa shape index (κ1) is 17.0. The minimum absolute atomic E-state index is 0.112. The van der Waals surface area contributed by atoms with E-state index in [1.54, 1.807) is 24.0 Å². The number of nitrogens with one attached hydrogen (secondary N) is 2. The molecule has 0 aliphatic carbocycles. The fourth-order valence-corrected chi connectivity index (χ4v) is 3.29. The number of amides is 2. The Kier molecular flexibility index (Phi) is 4.48. The van der Waals surface area contributed by atoms with Gasteiger partial charge in [-0.25, -0.2) is 4.79 Å². The van der Waals surface area contributed by atoms with E-state index in [4.69, 9.17) is 4.74 Å². The highest BCUT2D eigenvalue weighted by atomic mass is 16.5. The molecule has 1 atom stereocenters. The second-order valence-electron chi connectivity index (χ2n) is 6.27. The summed E-state index contributed by atoms with van der Waals surface area (Å²) in [6, 6.07) is 4.81. The van der Waals surface area contributed by atoms with Gasteiger partial charge in [0.2, 0.25) is 11.8 Å². The first-order chi connectivity index (χ1) is 11.9. The summed E-state index contributed by atoms with van der Waals surface area (Å²) in [7, 11) is 1.35. The summed E-state index contributed by atoms with van der Waals surface area (Å²) >= 11 is 0. The Morgan fingerprint density at radius 2 is 2.08 bits per heavy atom. The summed E-state index contributed by atoms with van der Waals surface area (Å²) in [5.74, 6) is -0.729. The first-order valence-corrected chi connectivity index (χ1v) is 8.18. The third-order valence-electron chi connectivity index (χ3n) is 4.50. The molecule has 1 aromatic heterocycles. The molecule has 0 fully saturated rings. The number of carbonyl (C=O) groups excluding carboxylic acids is 3. The van der Waals surface area contributed by atoms with E-state index in [0.717, 1.165) is 22.2 Å². The van der Waals surface area contributed by atoms with Crippen molar-refractivity contribution in [3.8, 4) is 0 Å². The number of H-pyrrole nitrogens is 1. The SMILES string of the molecule is COC(=O)c1ccc2[nH]c3c(c2c1)CN(C(=O)[C@H](C)NC(C)=O)CC3. The van der Waals surface area contributed by atoms with Crippen LogP contribution in [0, 0.1) is 0 Å². The molecule has 2 amide bonds. The van der Waals surface area contributed by atoms with Gasteiger partial charge in [-0.1, -0.05) is 0 Å². The van der Waals surface area contributed by atoms with Gasteiger partial charge in [0.1, 0.15) is 6.04 Å². The molecule has 0 bridgehead atoms. The average molecular weight is 343 g/mol. The molecule has 0 radical (unpaired) electrons. The van der Waals surface area contributed by atoms with E-state index in [0.29, 0.717) is 25.1 Å². The third-order valence-corrected chi connectivity index (χ3v) is 4.50. The summed E-state index contributed by atoms with van der Waals surface area (Å²) in [6.45, 7) is 4.12. The van der Waals surface area contributed by atoms with Crippen molar-refractivity contribution in [2.75, 3.05) is 13.7 Å². The number of benzene rings is 1. The smallest absolute Gasteiger partial charge is 0.337 e. The Labute approximate surface area is 145 Å². The molecule has 2 heterocycles. The van der Waals surface area contributed by atoms with Crippen LogP contribution in [0.1, 0.15) is 35.5 Å². The van der Waals surface area contributed by atoms with E-state index in [1.165, 1.54) is 14.0 Å². The molecule has 0 unspecified atom stereocenters. The highest BCUT2D eigenvalue weighted by Gasteiger charge is 2.27. The lowest BCUT2D eigenvalue weighted by atomic mass is 10.0. The molecule has 1 aliphatic rings. The normalized spacial score (nSPS) is 14.8. The van der Waals surface area contributed by atoms with Crippen LogP contribution in [0.2, 0.25) is 0 Å². The number of esters is 1. The molecule has 7 nitrogen and oxygen atoms in total. The number of carbonyl (C=O) groups is 3. The average Bonchev–Trinajstić information content (AvgIpc) is 2.96. The molecule has 1 aliphatic heterocycles. The predicted molar refractivity (Wildman–Crippen MR) is 92.0 cm³/mol. The van der Waals surface area contributed by atoms with Gasteiger partial charge in [-0.2, -0.15) is 0 Å². The van der Waals surface area contributed by atoms with Crippen LogP contribution in [0.25, 0.3) is 10.9 Å². The summed E-state index contributed by atoms with van der Waals surface area (Å²) in [4.78, 5) is 40.6. The summed E-state index contributed by atoms with van der Waals surface area (Å²) in [6.07, 6.45) is 0.704. The first-order valence-electron chi connectivity index (χ1n) is 8.18. The molecule has 25 heavy (non-hydrogen) atoms. The second-order valence-corrected chi connectivity index (χ2v) is 6.27. The number of fused-ring (bicyclic) bond motifs is 3. The van der Waals surface area contributed by atoms with Crippen molar-refractivity contribution in [2.45, 2.75) is 32.9 Å². The molecular weight excluding hydrogens is 322 g/mol. The second kappa shape index (κ2) is 6.58. The van der Waals surface area contributed by atoms with Crippen LogP contribution < -0.4 is 5.32 Å². The van der Waals surface area contributed by atoms with Crippen molar-refractivity contribution in [2.24, 2.45) is 0 Å². The molecule has 2 N–H and O–H groups in total. The summed E-state index contributed by atoms with van der Waals surface area (Å²) in [5, 5.41) is 3.55. The zero-order valence-corrected chi connectivity index (χ0v) is 14.5. The van der Waals surface area contributed by atoms with Gasteiger partial charge in [-0.15, -0.1) is 0 Å². The maximum Gasteiger partial charge on any atom is 0.337 e. The van der Waals surface area contributed by atoms with Gasteiger partial charge in [0, 0.05) is 48.6 Å². The van der Waals surface area contributed by atoms with Gasteiger partial charge >= 0.3 is 5.97 Å². The number of aromatic nitrogens is 1. The monoisotopic (exact) mass is 343 g/mol. The lowest BCUT2D eigenvalue weighted by molar-refractivity contribution is -0.136. The van der Waals surface area contributed by atoms with Crippen LogP contribution in [0.5, 0.6) is 0 Å². The van der Waals surface area contributed by atoms with E-state index >= 15 is 0 Å². The molecule has 132 valence electrons. The number of ether oxygens (including phenoxy) is 1. The van der Waals surface area contributed by atoms with Crippen LogP contribution >= 0.6 is 0 Å². The van der Waals surface area contributed by atoms with Crippen LogP contribution in [0.4, 0.5) is 0 Å². The van der Waals surface area contributed by atoms with Gasteiger partial charge in [0.05, 0.1) is 12.7 Å². The topological polar surface area (TPSA) is 91.5 Å². The lowest BCUT2D eigenvalue weighted by Gasteiger charge is -2.29. The van der Waals surface area contributed by atoms with Gasteiger partial charge in [0.15, 0.2) is 0 Å². The maximum atomic E-state index is 12.5. The standard InChI is InChI=1S/C18H21N3O4/c1-10(19-11(2)22)17(23)21-7-6-16-14(9-21)13-8-12(18(24)25-3)4-5-15(13)20-16/h4-5,8,10,20H,6-7,9H2,1-3H3,(H,19,22)/t10-/m0/s1. The van der Waals surface area contributed by atoms with Crippen LogP contribution in [-0.4, -0.2) is 47.4 Å². The Hall–Kier alpha value is -2.83. The molecule has 1 aromatic carbocycles. The molecule has 0 saturated carbocycles. The Balaban J connectivity index is 1.90. The number of hydrogen-bond acceptors (Lipinski definition) is 4. The summed E-state index contributed by atoms with van der Waals surface area (Å²) in [5.41, 5.74) is 3.50. The van der Waals surface area contributed by atoms with Crippen LogP contribution in [0.15, 0.2) is 18.2 Å². The highest BCUT2D eigenvalue weighted by Crippen LogP contribution is 2.29. The highest BCUT2D eigenvalue weighted by molar-refractivity contribution is 5.96. The number of rotatable bonds is 3. The van der Waals surface area contributed by atoms with Crippen LogP contribution in [-0.2, 0) is 27.3 Å². The number of hydrogen-bond donors (Lipinski definition) is 2. The van der Waals surface area contributed by atoms with Gasteiger partial charge in [0.25, 0.3) is 0 Å². The van der Waals surface area contributed by atoms with Crippen molar-refractivity contribution < 1.29 is 19.1 Å². The molecular formula is C18H21N3O4. The Morgan fingerprint density at radius 3 is 2.76 bits per heavy atom. The lowest BCUT2D eigenvalue weighted by Crippen LogP contribution is -2.47. The molecule has 2 aromatic rings. The Bertz CT molecular complexity index is 855. The van der Waals surface area contributed by atoms with Gasteiger partial charge < -0.3 is 19.9 Å². The van der Waals surface area contributed by atoms with E-state index < -0.39 is 6.04 Å². The zero-order valence-electron chi connectivity index (χ0n) is 14.5. The fourth-order valence-electron chi connectivity index (χ4n) is 3.29. The van der Waals surface area contributed by atoms with Crippen LogP contribution in [0.3, 0.4) is 0 Å². The van der Waals surface area contributed by atoms with Gasteiger partial charge in [-0.3, -0.25) is 9.59 Å². The minimum atomic E-state index is -0.560. The van der Waals surface area contributed by atoms with Crippen molar-refractivity contribution in [1.29, 1.82) is 0 Å². The van der Waals surface area contributed by atoms with E-state index in [1.807, 2.05) is 6.07 Å². The molecule has 0 spiro atoms. The molecule has 0 saturated heterocycles. The van der Waals surface area contributed by atoms with Crippen molar-refractivity contribution in [1.82, 2.24) is 15.2 Å². The fraction of sp³-hybridized carbons (Fsp3) is 0.389. The van der Waals surface area contributed by atoms with E-state index in [2.05, 4.69) is 10.3 Å². The number of aromatic amines is 1. The van der Waals surface area contributed by atoms with Crippen molar-refractivity contribution >= 4 is 28.7 Å².